The third kappa shape index (κ3) is 3.92. The smallest absolute Gasteiger partial charge is 0.372 e. The summed E-state index contributed by atoms with van der Waals surface area (Å²) in [4.78, 5) is 0. The second-order valence-corrected chi connectivity index (χ2v) is 6.96. The zero-order chi connectivity index (χ0) is 17.2. The van der Waals surface area contributed by atoms with E-state index in [0.717, 1.165) is 6.42 Å². The van der Waals surface area contributed by atoms with Crippen molar-refractivity contribution in [3.8, 4) is 11.5 Å². The molecule has 128 valence electrons. The van der Waals surface area contributed by atoms with Crippen molar-refractivity contribution >= 4 is 11.4 Å². The van der Waals surface area contributed by atoms with Crippen LogP contribution in [0.15, 0.2) is 48.5 Å². The highest BCUT2D eigenvalue weighted by molar-refractivity contribution is 5.42. The maximum atomic E-state index is 6.14. The van der Waals surface area contributed by atoms with Crippen molar-refractivity contribution < 1.29 is 14.2 Å². The van der Waals surface area contributed by atoms with Crippen LogP contribution >= 0.6 is 0 Å². The van der Waals surface area contributed by atoms with Gasteiger partial charge in [0.05, 0.1) is 13.0 Å². The lowest BCUT2D eigenvalue weighted by molar-refractivity contribution is -0.334. The van der Waals surface area contributed by atoms with E-state index in [0.29, 0.717) is 35.9 Å². The lowest BCUT2D eigenvalue weighted by Gasteiger charge is -2.43. The second kappa shape index (κ2) is 6.24. The van der Waals surface area contributed by atoms with Gasteiger partial charge in [0.15, 0.2) is 0 Å². The zero-order valence-electron chi connectivity index (χ0n) is 14.1. The van der Waals surface area contributed by atoms with Gasteiger partial charge in [-0.2, -0.15) is 0 Å². The molecule has 0 bridgehead atoms. The summed E-state index contributed by atoms with van der Waals surface area (Å²) in [7, 11) is 0. The highest BCUT2D eigenvalue weighted by atomic mass is 16.9. The molecular weight excluding hydrogens is 304 g/mol. The monoisotopic (exact) mass is 328 g/mol. The van der Waals surface area contributed by atoms with Crippen LogP contribution in [-0.2, 0) is 4.74 Å². The quantitative estimate of drug-likeness (QED) is 0.659. The Morgan fingerprint density at radius 1 is 0.833 bits per heavy atom. The van der Waals surface area contributed by atoms with E-state index in [-0.39, 0.29) is 5.41 Å². The Kier molecular flexibility index (Phi) is 4.28. The highest BCUT2D eigenvalue weighted by Crippen LogP contribution is 2.41. The van der Waals surface area contributed by atoms with E-state index >= 15 is 0 Å². The van der Waals surface area contributed by atoms with Crippen LogP contribution in [-0.4, -0.2) is 12.6 Å². The van der Waals surface area contributed by atoms with E-state index in [1.807, 2.05) is 24.3 Å². The summed E-state index contributed by atoms with van der Waals surface area (Å²) in [5, 5.41) is 0. The summed E-state index contributed by atoms with van der Waals surface area (Å²) in [5.74, 6) is 0.128. The molecular formula is C19H24N2O3. The van der Waals surface area contributed by atoms with Gasteiger partial charge in [0.2, 0.25) is 0 Å². The van der Waals surface area contributed by atoms with Crippen molar-refractivity contribution in [3.63, 3.8) is 0 Å². The molecule has 5 heteroatoms. The van der Waals surface area contributed by atoms with Crippen LogP contribution in [0.5, 0.6) is 11.5 Å². The molecule has 5 nitrogen and oxygen atoms in total. The fourth-order valence-electron chi connectivity index (χ4n) is 2.79. The Balaban J connectivity index is 1.88. The molecule has 0 atom stereocenters. The fourth-order valence-corrected chi connectivity index (χ4v) is 2.79. The molecule has 24 heavy (non-hydrogen) atoms. The Morgan fingerprint density at radius 2 is 1.29 bits per heavy atom. The number of anilines is 2. The Labute approximate surface area is 142 Å². The molecule has 0 radical (unpaired) electrons. The molecule has 1 aliphatic heterocycles. The van der Waals surface area contributed by atoms with E-state index in [2.05, 4.69) is 13.8 Å². The first-order valence-electron chi connectivity index (χ1n) is 8.09. The second-order valence-electron chi connectivity index (χ2n) is 6.96. The van der Waals surface area contributed by atoms with E-state index in [1.54, 1.807) is 24.3 Å². The zero-order valence-corrected chi connectivity index (χ0v) is 14.1. The number of rotatable bonds is 4. The highest BCUT2D eigenvalue weighted by Gasteiger charge is 2.46. The fraction of sp³-hybridized carbons (Fsp3) is 0.368. The Hall–Kier alpha value is -2.40. The molecule has 1 heterocycles. The molecule has 1 fully saturated rings. The molecule has 0 aliphatic carbocycles. The van der Waals surface area contributed by atoms with Gasteiger partial charge in [-0.1, -0.05) is 13.8 Å². The van der Waals surface area contributed by atoms with E-state index in [4.69, 9.17) is 25.7 Å². The van der Waals surface area contributed by atoms with Gasteiger partial charge < -0.3 is 25.7 Å². The maximum absolute atomic E-state index is 6.14. The van der Waals surface area contributed by atoms with Crippen molar-refractivity contribution in [2.24, 2.45) is 5.41 Å². The Bertz CT molecular complexity index is 633. The number of nitrogen functional groups attached to an aromatic ring is 2. The number of ether oxygens (including phenoxy) is 3. The molecule has 4 N–H and O–H groups in total. The largest absolute Gasteiger partial charge is 0.430 e. The molecule has 0 unspecified atom stereocenters. The van der Waals surface area contributed by atoms with E-state index < -0.39 is 5.97 Å². The molecule has 3 rings (SSSR count). The lowest BCUT2D eigenvalue weighted by Crippen LogP contribution is -2.52. The number of hydrogen-bond acceptors (Lipinski definition) is 5. The predicted octanol–water partition coefficient (Wildman–Crippen LogP) is 3.80. The molecule has 2 aromatic rings. The van der Waals surface area contributed by atoms with Crippen LogP contribution in [0.4, 0.5) is 11.4 Å². The van der Waals surface area contributed by atoms with Crippen molar-refractivity contribution in [2.45, 2.75) is 32.7 Å². The van der Waals surface area contributed by atoms with Gasteiger partial charge in [-0.3, -0.25) is 0 Å². The van der Waals surface area contributed by atoms with Gasteiger partial charge in [-0.15, -0.1) is 0 Å². The summed E-state index contributed by atoms with van der Waals surface area (Å²) < 4.78 is 18.2. The summed E-state index contributed by atoms with van der Waals surface area (Å²) in [6.45, 7) is 4.93. The van der Waals surface area contributed by atoms with Gasteiger partial charge >= 0.3 is 5.97 Å². The molecule has 1 aliphatic rings. The van der Waals surface area contributed by atoms with Crippen LogP contribution in [0, 0.1) is 5.41 Å². The van der Waals surface area contributed by atoms with Crippen LogP contribution in [0.1, 0.15) is 26.7 Å². The van der Waals surface area contributed by atoms with Crippen molar-refractivity contribution in [1.29, 1.82) is 0 Å². The molecule has 0 spiro atoms. The number of hydrogen-bond donors (Lipinski definition) is 2. The minimum absolute atomic E-state index is 0.0415. The maximum Gasteiger partial charge on any atom is 0.372 e. The average Bonchev–Trinajstić information content (AvgIpc) is 2.51. The third-order valence-electron chi connectivity index (χ3n) is 4.10. The average molecular weight is 328 g/mol. The van der Waals surface area contributed by atoms with Crippen molar-refractivity contribution in [2.75, 3.05) is 18.1 Å². The van der Waals surface area contributed by atoms with Crippen LogP contribution in [0.25, 0.3) is 0 Å². The molecule has 0 amide bonds. The molecule has 0 saturated carbocycles. The lowest BCUT2D eigenvalue weighted by atomic mass is 9.83. The van der Waals surface area contributed by atoms with Gasteiger partial charge in [-0.25, -0.2) is 0 Å². The summed E-state index contributed by atoms with van der Waals surface area (Å²) in [5.41, 5.74) is 12.9. The van der Waals surface area contributed by atoms with Crippen LogP contribution in [0.2, 0.25) is 0 Å². The third-order valence-corrected chi connectivity index (χ3v) is 4.10. The normalized spacial score (nSPS) is 18.8. The standard InChI is InChI=1S/C19H24N2O3/c1-18(2)11-12-22-19(13-18,23-16-7-3-14(20)4-8-16)24-17-9-5-15(21)6-10-17/h3-10H,11-13,20-21H2,1-2H3. The molecule has 0 aromatic heterocycles. The Morgan fingerprint density at radius 3 is 1.71 bits per heavy atom. The number of nitrogens with two attached hydrogens (primary N) is 2. The van der Waals surface area contributed by atoms with Gasteiger partial charge in [0.25, 0.3) is 0 Å². The van der Waals surface area contributed by atoms with Crippen molar-refractivity contribution in [1.82, 2.24) is 0 Å². The first-order valence-corrected chi connectivity index (χ1v) is 8.09. The minimum Gasteiger partial charge on any atom is -0.430 e. The minimum atomic E-state index is -1.17. The van der Waals surface area contributed by atoms with Gasteiger partial charge in [0, 0.05) is 11.4 Å². The number of benzene rings is 2. The van der Waals surface area contributed by atoms with Crippen LogP contribution < -0.4 is 20.9 Å². The first-order chi connectivity index (χ1) is 11.4. The predicted molar refractivity (Wildman–Crippen MR) is 94.7 cm³/mol. The topological polar surface area (TPSA) is 79.7 Å². The van der Waals surface area contributed by atoms with E-state index in [1.165, 1.54) is 0 Å². The van der Waals surface area contributed by atoms with Crippen molar-refractivity contribution in [3.05, 3.63) is 48.5 Å². The van der Waals surface area contributed by atoms with Gasteiger partial charge in [0.1, 0.15) is 11.5 Å². The van der Waals surface area contributed by atoms with E-state index in [9.17, 15) is 0 Å². The first kappa shape index (κ1) is 16.5. The van der Waals surface area contributed by atoms with Crippen LogP contribution in [0.3, 0.4) is 0 Å². The molecule has 1 saturated heterocycles. The summed E-state index contributed by atoms with van der Waals surface area (Å²) in [6.07, 6.45) is 1.56. The summed E-state index contributed by atoms with van der Waals surface area (Å²) in [6, 6.07) is 14.4. The SMILES string of the molecule is CC1(C)CCOC(Oc2ccc(N)cc2)(Oc2ccc(N)cc2)C1. The summed E-state index contributed by atoms with van der Waals surface area (Å²) >= 11 is 0. The molecule has 2 aromatic carbocycles. The van der Waals surface area contributed by atoms with Gasteiger partial charge in [-0.05, 0) is 60.4 Å².